The first kappa shape index (κ1) is 9.84. The van der Waals surface area contributed by atoms with Gasteiger partial charge in [-0.2, -0.15) is 0 Å². The minimum atomic E-state index is -0.230. The van der Waals surface area contributed by atoms with Crippen molar-refractivity contribution in [1.82, 2.24) is 5.32 Å². The second-order valence-electron chi connectivity index (χ2n) is 3.06. The van der Waals surface area contributed by atoms with Crippen LogP contribution in [0.15, 0.2) is 23.4 Å². The molecule has 0 bridgehead atoms. The lowest BCUT2D eigenvalue weighted by molar-refractivity contribution is -0.138. The number of ether oxygens (including phenoxy) is 1. The molecule has 0 saturated carbocycles. The normalized spacial score (nSPS) is 21.3. The summed E-state index contributed by atoms with van der Waals surface area (Å²) in [5.74, 6) is -0.230. The Balaban J connectivity index is 2.73. The number of hydrogen-bond donors (Lipinski definition) is 1. The van der Waals surface area contributed by atoms with E-state index in [1.54, 1.807) is 6.92 Å². The van der Waals surface area contributed by atoms with Gasteiger partial charge in [-0.15, -0.1) is 0 Å². The molecule has 3 nitrogen and oxygen atoms in total. The fourth-order valence-corrected chi connectivity index (χ4v) is 1.29. The number of allylic oxidation sites excluding steroid dienone is 3. The van der Waals surface area contributed by atoms with Gasteiger partial charge in [0.2, 0.25) is 0 Å². The van der Waals surface area contributed by atoms with Crippen molar-refractivity contribution in [2.45, 2.75) is 26.8 Å². The van der Waals surface area contributed by atoms with Crippen molar-refractivity contribution in [3.05, 3.63) is 23.4 Å². The van der Waals surface area contributed by atoms with Crippen LogP contribution >= 0.6 is 0 Å². The number of nitrogens with one attached hydrogen (secondary N) is 1. The summed E-state index contributed by atoms with van der Waals surface area (Å²) in [7, 11) is 0. The fourth-order valence-electron chi connectivity index (χ4n) is 1.29. The molecule has 1 aliphatic heterocycles. The van der Waals surface area contributed by atoms with Crippen molar-refractivity contribution < 1.29 is 9.53 Å². The van der Waals surface area contributed by atoms with E-state index in [1.165, 1.54) is 0 Å². The van der Waals surface area contributed by atoms with Crippen LogP contribution in [0.3, 0.4) is 0 Å². The number of dihydropyridines is 1. The molecule has 1 aliphatic rings. The van der Waals surface area contributed by atoms with E-state index in [9.17, 15) is 4.79 Å². The van der Waals surface area contributed by atoms with Crippen molar-refractivity contribution in [1.29, 1.82) is 0 Å². The molecule has 0 saturated heterocycles. The van der Waals surface area contributed by atoms with Gasteiger partial charge in [0, 0.05) is 5.70 Å². The van der Waals surface area contributed by atoms with Gasteiger partial charge in [0.1, 0.15) is 0 Å². The van der Waals surface area contributed by atoms with Gasteiger partial charge in [-0.3, -0.25) is 0 Å². The zero-order valence-corrected chi connectivity index (χ0v) is 8.26. The van der Waals surface area contributed by atoms with Crippen LogP contribution in [0.5, 0.6) is 0 Å². The minimum Gasteiger partial charge on any atom is -0.463 e. The first-order chi connectivity index (χ1) is 6.15. The number of esters is 1. The predicted molar refractivity (Wildman–Crippen MR) is 51.1 cm³/mol. The summed E-state index contributed by atoms with van der Waals surface area (Å²) in [5, 5.41) is 3.16. The molecular formula is C10H15NO2. The zero-order valence-electron chi connectivity index (χ0n) is 8.26. The molecule has 0 aromatic rings. The molecule has 0 aromatic carbocycles. The highest BCUT2D eigenvalue weighted by Crippen LogP contribution is 2.12. The van der Waals surface area contributed by atoms with E-state index in [0.717, 1.165) is 5.70 Å². The highest BCUT2D eigenvalue weighted by molar-refractivity contribution is 5.90. The summed E-state index contributed by atoms with van der Waals surface area (Å²) in [6.45, 7) is 6.14. The van der Waals surface area contributed by atoms with Gasteiger partial charge in [-0.1, -0.05) is 0 Å². The van der Waals surface area contributed by atoms with Crippen LogP contribution in [0.25, 0.3) is 0 Å². The van der Waals surface area contributed by atoms with E-state index in [0.29, 0.717) is 12.2 Å². The highest BCUT2D eigenvalue weighted by atomic mass is 16.5. The monoisotopic (exact) mass is 181 g/mol. The first-order valence-electron chi connectivity index (χ1n) is 4.47. The Bertz CT molecular complexity index is 266. The molecule has 13 heavy (non-hydrogen) atoms. The van der Waals surface area contributed by atoms with E-state index in [-0.39, 0.29) is 12.0 Å². The highest BCUT2D eigenvalue weighted by Gasteiger charge is 2.19. The van der Waals surface area contributed by atoms with E-state index < -0.39 is 0 Å². The average molecular weight is 181 g/mol. The third-order valence-electron chi connectivity index (χ3n) is 1.93. The largest absolute Gasteiger partial charge is 0.463 e. The summed E-state index contributed by atoms with van der Waals surface area (Å²) in [4.78, 5) is 11.4. The molecule has 3 heteroatoms. The first-order valence-corrected chi connectivity index (χ1v) is 4.47. The Morgan fingerprint density at radius 1 is 1.62 bits per heavy atom. The average Bonchev–Trinajstić information content (AvgIpc) is 2.04. The maximum atomic E-state index is 11.4. The standard InChI is InChI=1S/C10H15NO2/c1-4-13-10(12)9-6-5-7(2)11-8(9)3/h5-6,8,11H,4H2,1-3H3. The maximum Gasteiger partial charge on any atom is 0.336 e. The molecule has 1 atom stereocenters. The maximum absolute atomic E-state index is 11.4. The fraction of sp³-hybridized carbons (Fsp3) is 0.500. The smallest absolute Gasteiger partial charge is 0.336 e. The summed E-state index contributed by atoms with van der Waals surface area (Å²) < 4.78 is 4.91. The Labute approximate surface area is 78.5 Å². The second kappa shape index (κ2) is 4.12. The second-order valence-corrected chi connectivity index (χ2v) is 3.06. The van der Waals surface area contributed by atoms with Gasteiger partial charge in [0.05, 0.1) is 18.2 Å². The Kier molecular flexibility index (Phi) is 3.12. The molecule has 0 aliphatic carbocycles. The van der Waals surface area contributed by atoms with Crippen molar-refractivity contribution in [3.8, 4) is 0 Å². The Hall–Kier alpha value is -1.25. The van der Waals surface area contributed by atoms with Crippen LogP contribution in [0.2, 0.25) is 0 Å². The van der Waals surface area contributed by atoms with E-state index in [1.807, 2.05) is 26.0 Å². The number of carbonyl (C=O) groups is 1. The summed E-state index contributed by atoms with van der Waals surface area (Å²) in [5.41, 5.74) is 1.76. The van der Waals surface area contributed by atoms with E-state index in [2.05, 4.69) is 5.32 Å². The third-order valence-corrected chi connectivity index (χ3v) is 1.93. The van der Waals surface area contributed by atoms with Gasteiger partial charge in [-0.25, -0.2) is 4.79 Å². The molecule has 1 rings (SSSR count). The lowest BCUT2D eigenvalue weighted by Crippen LogP contribution is -2.32. The number of rotatable bonds is 2. The number of carbonyl (C=O) groups excluding carboxylic acids is 1. The molecule has 0 fully saturated rings. The molecule has 1 unspecified atom stereocenters. The quantitative estimate of drug-likeness (QED) is 0.654. The molecule has 0 aromatic heterocycles. The molecule has 0 amide bonds. The van der Waals surface area contributed by atoms with Crippen molar-refractivity contribution in [2.75, 3.05) is 6.61 Å². The topological polar surface area (TPSA) is 38.3 Å². The number of hydrogen-bond acceptors (Lipinski definition) is 3. The summed E-state index contributed by atoms with van der Waals surface area (Å²) >= 11 is 0. The van der Waals surface area contributed by atoms with Crippen LogP contribution in [0, 0.1) is 0 Å². The van der Waals surface area contributed by atoms with E-state index in [4.69, 9.17) is 4.74 Å². The molecular weight excluding hydrogens is 166 g/mol. The van der Waals surface area contributed by atoms with Crippen LogP contribution in [0.1, 0.15) is 20.8 Å². The van der Waals surface area contributed by atoms with Gasteiger partial charge in [0.15, 0.2) is 0 Å². The van der Waals surface area contributed by atoms with Crippen LogP contribution in [0.4, 0.5) is 0 Å². The van der Waals surface area contributed by atoms with Gasteiger partial charge in [-0.05, 0) is 32.9 Å². The summed E-state index contributed by atoms with van der Waals surface area (Å²) in [6.07, 6.45) is 3.70. The SMILES string of the molecule is CCOC(=O)C1=CC=C(C)NC1C. The molecule has 1 heterocycles. The lowest BCUT2D eigenvalue weighted by atomic mass is 10.1. The zero-order chi connectivity index (χ0) is 9.84. The third kappa shape index (κ3) is 2.34. The van der Waals surface area contributed by atoms with Crippen LogP contribution < -0.4 is 5.32 Å². The van der Waals surface area contributed by atoms with Gasteiger partial charge in [0.25, 0.3) is 0 Å². The van der Waals surface area contributed by atoms with Crippen molar-refractivity contribution in [2.24, 2.45) is 0 Å². The van der Waals surface area contributed by atoms with Gasteiger partial charge >= 0.3 is 5.97 Å². The van der Waals surface area contributed by atoms with Crippen LogP contribution in [-0.2, 0) is 9.53 Å². The van der Waals surface area contributed by atoms with Crippen molar-refractivity contribution >= 4 is 5.97 Å². The molecule has 0 spiro atoms. The van der Waals surface area contributed by atoms with Crippen LogP contribution in [-0.4, -0.2) is 18.6 Å². The Morgan fingerprint density at radius 3 is 2.85 bits per heavy atom. The van der Waals surface area contributed by atoms with E-state index >= 15 is 0 Å². The minimum absolute atomic E-state index is 0.0454. The predicted octanol–water partition coefficient (Wildman–Crippen LogP) is 1.37. The van der Waals surface area contributed by atoms with Crippen molar-refractivity contribution in [3.63, 3.8) is 0 Å². The Morgan fingerprint density at radius 2 is 2.31 bits per heavy atom. The van der Waals surface area contributed by atoms with Gasteiger partial charge < -0.3 is 10.1 Å². The molecule has 1 N–H and O–H groups in total. The summed E-state index contributed by atoms with van der Waals surface area (Å²) in [6, 6.07) is 0.0454. The molecule has 72 valence electrons. The molecule has 0 radical (unpaired) electrons. The lowest BCUT2D eigenvalue weighted by Gasteiger charge is -2.21.